The Hall–Kier alpha value is -4.88. The van der Waals surface area contributed by atoms with Gasteiger partial charge in [0.1, 0.15) is 0 Å². The van der Waals surface area contributed by atoms with Crippen LogP contribution < -0.4 is 9.47 Å². The number of amides is 2. The Morgan fingerprint density at radius 3 is 2.38 bits per heavy atom. The average molecular weight is 546 g/mol. The average Bonchev–Trinajstić information content (AvgIpc) is 3.24. The minimum Gasteiger partial charge on any atom is -0.493 e. The number of rotatable bonds is 6. The second-order valence-electron chi connectivity index (χ2n) is 9.28. The molecule has 0 N–H and O–H groups in total. The topological polar surface area (TPSA) is 72.9 Å². The predicted octanol–water partition coefficient (Wildman–Crippen LogP) is 7.46. The molecule has 5 aromatic carbocycles. The maximum atomic E-state index is 13.1. The highest BCUT2D eigenvalue weighted by Gasteiger charge is 2.35. The number of fused-ring (bicyclic) bond motifs is 2. The maximum absolute atomic E-state index is 13.1. The Kier molecular flexibility index (Phi) is 6.80. The summed E-state index contributed by atoms with van der Waals surface area (Å²) in [5, 5.41) is 3.56. The SMILES string of the molecule is COc1cc(/C=C2\SC(=O)N(Cc3ccc4ccccc4c3)C2=O)ccc1OC(=O)c1cccc2ccccc12. The number of benzene rings is 5. The number of esters is 1. The minimum atomic E-state index is -0.502. The van der Waals surface area contributed by atoms with Gasteiger partial charge in [0.25, 0.3) is 11.1 Å². The number of imide groups is 1. The monoisotopic (exact) mass is 545 g/mol. The molecule has 6 nitrogen and oxygen atoms in total. The first kappa shape index (κ1) is 25.4. The third-order valence-corrected chi connectivity index (χ3v) is 7.63. The van der Waals surface area contributed by atoms with Crippen LogP contribution in [0, 0.1) is 0 Å². The van der Waals surface area contributed by atoms with Crippen LogP contribution in [0.4, 0.5) is 4.79 Å². The lowest BCUT2D eigenvalue weighted by Crippen LogP contribution is -2.27. The van der Waals surface area contributed by atoms with Gasteiger partial charge in [0, 0.05) is 0 Å². The number of hydrogen-bond donors (Lipinski definition) is 0. The van der Waals surface area contributed by atoms with Gasteiger partial charge in [0.15, 0.2) is 11.5 Å². The minimum absolute atomic E-state index is 0.194. The van der Waals surface area contributed by atoms with E-state index < -0.39 is 5.97 Å². The van der Waals surface area contributed by atoms with Crippen molar-refractivity contribution < 1.29 is 23.9 Å². The highest BCUT2D eigenvalue weighted by atomic mass is 32.2. The van der Waals surface area contributed by atoms with Crippen LogP contribution in [0.5, 0.6) is 11.5 Å². The normalized spacial score (nSPS) is 14.3. The number of carbonyl (C=O) groups excluding carboxylic acids is 3. The van der Waals surface area contributed by atoms with Gasteiger partial charge in [-0.15, -0.1) is 0 Å². The summed E-state index contributed by atoms with van der Waals surface area (Å²) in [5.41, 5.74) is 1.96. The van der Waals surface area contributed by atoms with Crippen molar-refractivity contribution in [2.24, 2.45) is 0 Å². The Labute approximate surface area is 234 Å². The number of carbonyl (C=O) groups is 3. The summed E-state index contributed by atoms with van der Waals surface area (Å²) < 4.78 is 11.2. The summed E-state index contributed by atoms with van der Waals surface area (Å²) in [4.78, 5) is 40.4. The van der Waals surface area contributed by atoms with Crippen molar-refractivity contribution in [2.75, 3.05) is 7.11 Å². The number of thioether (sulfide) groups is 1. The third-order valence-electron chi connectivity index (χ3n) is 6.73. The van der Waals surface area contributed by atoms with Gasteiger partial charge >= 0.3 is 5.97 Å². The zero-order valence-electron chi connectivity index (χ0n) is 21.5. The highest BCUT2D eigenvalue weighted by Crippen LogP contribution is 2.36. The zero-order valence-corrected chi connectivity index (χ0v) is 22.3. The van der Waals surface area contributed by atoms with Gasteiger partial charge in [-0.3, -0.25) is 14.5 Å². The molecule has 1 fully saturated rings. The smallest absolute Gasteiger partial charge is 0.344 e. The molecule has 0 spiro atoms. The molecule has 5 aromatic rings. The van der Waals surface area contributed by atoms with Crippen molar-refractivity contribution in [2.45, 2.75) is 6.54 Å². The summed E-state index contributed by atoms with van der Waals surface area (Å²) in [6.45, 7) is 0.194. The van der Waals surface area contributed by atoms with Crippen LogP contribution in [-0.4, -0.2) is 29.1 Å². The van der Waals surface area contributed by atoms with E-state index in [4.69, 9.17) is 9.47 Å². The molecule has 6 rings (SSSR count). The maximum Gasteiger partial charge on any atom is 0.344 e. The fraction of sp³-hybridized carbons (Fsp3) is 0.0606. The van der Waals surface area contributed by atoms with Crippen molar-refractivity contribution in [1.82, 2.24) is 4.90 Å². The van der Waals surface area contributed by atoms with Gasteiger partial charge in [-0.25, -0.2) is 4.79 Å². The van der Waals surface area contributed by atoms with Crippen LogP contribution in [-0.2, 0) is 11.3 Å². The molecule has 0 atom stereocenters. The predicted molar refractivity (Wildman–Crippen MR) is 157 cm³/mol. The molecular formula is C33H23NO5S. The Bertz CT molecular complexity index is 1840. The largest absolute Gasteiger partial charge is 0.493 e. The molecule has 1 aliphatic heterocycles. The molecule has 1 heterocycles. The molecule has 0 aliphatic carbocycles. The quantitative estimate of drug-likeness (QED) is 0.125. The van der Waals surface area contributed by atoms with E-state index in [1.54, 1.807) is 30.3 Å². The van der Waals surface area contributed by atoms with Gasteiger partial charge in [0.2, 0.25) is 0 Å². The van der Waals surface area contributed by atoms with Gasteiger partial charge in [-0.1, -0.05) is 78.9 Å². The molecule has 1 saturated heterocycles. The highest BCUT2D eigenvalue weighted by molar-refractivity contribution is 8.18. The van der Waals surface area contributed by atoms with Crippen molar-refractivity contribution in [3.05, 3.63) is 125 Å². The van der Waals surface area contributed by atoms with E-state index in [9.17, 15) is 14.4 Å². The van der Waals surface area contributed by atoms with Crippen molar-refractivity contribution >= 4 is 56.5 Å². The van der Waals surface area contributed by atoms with Gasteiger partial charge in [-0.2, -0.15) is 0 Å². The lowest BCUT2D eigenvalue weighted by atomic mass is 10.0. The van der Waals surface area contributed by atoms with E-state index in [1.165, 1.54) is 12.0 Å². The molecular weight excluding hydrogens is 522 g/mol. The van der Waals surface area contributed by atoms with Crippen molar-refractivity contribution in [1.29, 1.82) is 0 Å². The molecule has 2 amide bonds. The third kappa shape index (κ3) is 4.95. The summed E-state index contributed by atoms with van der Waals surface area (Å²) in [6, 6.07) is 31.9. The van der Waals surface area contributed by atoms with Crippen LogP contribution in [0.15, 0.2) is 108 Å². The number of nitrogens with zero attached hydrogens (tertiary/aromatic N) is 1. The van der Waals surface area contributed by atoms with Crippen LogP contribution in [0.1, 0.15) is 21.5 Å². The van der Waals surface area contributed by atoms with Gasteiger partial charge in [-0.05, 0) is 74.8 Å². The first-order valence-corrected chi connectivity index (χ1v) is 13.4. The Morgan fingerprint density at radius 2 is 1.55 bits per heavy atom. The van der Waals surface area contributed by atoms with E-state index >= 15 is 0 Å². The number of hydrogen-bond acceptors (Lipinski definition) is 6. The van der Waals surface area contributed by atoms with Crippen LogP contribution in [0.2, 0.25) is 0 Å². The molecule has 0 saturated carbocycles. The number of methoxy groups -OCH3 is 1. The molecule has 0 bridgehead atoms. The van der Waals surface area contributed by atoms with E-state index in [-0.39, 0.29) is 23.4 Å². The molecule has 196 valence electrons. The van der Waals surface area contributed by atoms with Crippen LogP contribution >= 0.6 is 11.8 Å². The Balaban J connectivity index is 1.21. The van der Waals surface area contributed by atoms with Gasteiger partial charge < -0.3 is 9.47 Å². The fourth-order valence-electron chi connectivity index (χ4n) is 4.72. The second-order valence-corrected chi connectivity index (χ2v) is 10.3. The van der Waals surface area contributed by atoms with Crippen molar-refractivity contribution in [3.8, 4) is 11.5 Å². The zero-order chi connectivity index (χ0) is 27.6. The van der Waals surface area contributed by atoms with E-state index in [2.05, 4.69) is 0 Å². The van der Waals surface area contributed by atoms with E-state index in [0.717, 1.165) is 38.9 Å². The molecule has 0 unspecified atom stereocenters. The van der Waals surface area contributed by atoms with Gasteiger partial charge in [0.05, 0.1) is 24.1 Å². The lowest BCUT2D eigenvalue weighted by molar-refractivity contribution is -0.123. The first-order valence-electron chi connectivity index (χ1n) is 12.6. The summed E-state index contributed by atoms with van der Waals surface area (Å²) in [5.74, 6) is -0.272. The summed E-state index contributed by atoms with van der Waals surface area (Å²) in [7, 11) is 1.48. The molecule has 1 aliphatic rings. The Morgan fingerprint density at radius 1 is 0.800 bits per heavy atom. The van der Waals surface area contributed by atoms with Crippen LogP contribution in [0.25, 0.3) is 27.6 Å². The standard InChI is InChI=1S/C33H23NO5S/c1-38-29-18-21(14-16-28(29)39-32(36)27-12-6-10-24-8-4-5-11-26(24)27)19-30-31(35)34(33(37)40-30)20-22-13-15-23-7-2-3-9-25(23)17-22/h2-19H,20H2,1H3/b30-19-. The molecule has 0 radical (unpaired) electrons. The summed E-state index contributed by atoms with van der Waals surface area (Å²) in [6.07, 6.45) is 1.64. The molecule has 7 heteroatoms. The second kappa shape index (κ2) is 10.7. The molecule has 0 aromatic heterocycles. The van der Waals surface area contributed by atoms with E-state index in [0.29, 0.717) is 21.8 Å². The fourth-order valence-corrected chi connectivity index (χ4v) is 5.56. The first-order chi connectivity index (χ1) is 19.5. The van der Waals surface area contributed by atoms with Crippen molar-refractivity contribution in [3.63, 3.8) is 0 Å². The number of ether oxygens (including phenoxy) is 2. The van der Waals surface area contributed by atoms with E-state index in [1.807, 2.05) is 78.9 Å². The molecule has 40 heavy (non-hydrogen) atoms. The lowest BCUT2D eigenvalue weighted by Gasteiger charge is -2.13. The van der Waals surface area contributed by atoms with Crippen LogP contribution in [0.3, 0.4) is 0 Å². The summed E-state index contributed by atoms with van der Waals surface area (Å²) >= 11 is 0.899.